The first-order valence-corrected chi connectivity index (χ1v) is 10.4. The van der Waals surface area contributed by atoms with Gasteiger partial charge in [-0.25, -0.2) is 4.31 Å². The van der Waals surface area contributed by atoms with Crippen LogP contribution in [-0.2, 0) is 6.42 Å². The first kappa shape index (κ1) is 20.1. The molecule has 0 aliphatic carbocycles. The second kappa shape index (κ2) is 9.05. The second-order valence-corrected chi connectivity index (χ2v) is 8.72. The third kappa shape index (κ3) is 5.44. The lowest BCUT2D eigenvalue weighted by Gasteiger charge is -2.33. The Labute approximate surface area is 172 Å². The molecule has 1 heterocycles. The summed E-state index contributed by atoms with van der Waals surface area (Å²) < 4.78 is 2.82. The minimum Gasteiger partial charge on any atom is -0.392 e. The van der Waals surface area contributed by atoms with Crippen molar-refractivity contribution in [1.82, 2.24) is 9.21 Å². The van der Waals surface area contributed by atoms with Gasteiger partial charge in [-0.1, -0.05) is 29.8 Å². The van der Waals surface area contributed by atoms with E-state index in [2.05, 4.69) is 56.3 Å². The summed E-state index contributed by atoms with van der Waals surface area (Å²) in [6.45, 7) is 7.01. The summed E-state index contributed by atoms with van der Waals surface area (Å²) in [6.07, 6.45) is 1.06. The van der Waals surface area contributed by atoms with Crippen LogP contribution in [0.2, 0.25) is 0 Å². The normalized spacial score (nSPS) is 15.8. The van der Waals surface area contributed by atoms with Gasteiger partial charge in [0.1, 0.15) is 5.69 Å². The molecule has 0 bridgehead atoms. The highest BCUT2D eigenvalue weighted by molar-refractivity contribution is 9.10. The van der Waals surface area contributed by atoms with E-state index in [1.165, 1.54) is 11.1 Å². The van der Waals surface area contributed by atoms with Crippen LogP contribution in [0.15, 0.2) is 45.8 Å². The minimum absolute atomic E-state index is 0.0522. The molecule has 144 valence electrons. The van der Waals surface area contributed by atoms with E-state index in [1.807, 2.05) is 6.07 Å². The van der Waals surface area contributed by atoms with E-state index in [0.29, 0.717) is 4.47 Å². The van der Waals surface area contributed by atoms with Gasteiger partial charge in [0.05, 0.1) is 4.92 Å². The Kier molecular flexibility index (Phi) is 6.75. The maximum atomic E-state index is 11.1. The zero-order chi connectivity index (χ0) is 19.4. The number of piperazine rings is 1. The van der Waals surface area contributed by atoms with Gasteiger partial charge in [0.15, 0.2) is 0 Å². The van der Waals surface area contributed by atoms with Crippen molar-refractivity contribution in [2.24, 2.45) is 0 Å². The summed E-state index contributed by atoms with van der Waals surface area (Å²) in [5.41, 5.74) is 8.56. The van der Waals surface area contributed by atoms with Crippen molar-refractivity contribution in [1.29, 1.82) is 0 Å². The van der Waals surface area contributed by atoms with Crippen LogP contribution in [0.5, 0.6) is 0 Å². The molecule has 6 nitrogen and oxygen atoms in total. The number of halogens is 1. The van der Waals surface area contributed by atoms with Crippen LogP contribution in [0.1, 0.15) is 11.1 Å². The first-order valence-electron chi connectivity index (χ1n) is 8.86. The zero-order valence-electron chi connectivity index (χ0n) is 15.2. The molecule has 2 aromatic rings. The Morgan fingerprint density at radius 1 is 1.19 bits per heavy atom. The van der Waals surface area contributed by atoms with Crippen molar-refractivity contribution in [3.05, 3.63) is 62.1 Å². The summed E-state index contributed by atoms with van der Waals surface area (Å²) in [7, 11) is 0. The van der Waals surface area contributed by atoms with Gasteiger partial charge in [0, 0.05) is 48.2 Å². The van der Waals surface area contributed by atoms with Gasteiger partial charge in [0.25, 0.3) is 5.69 Å². The Morgan fingerprint density at radius 2 is 1.85 bits per heavy atom. The molecule has 3 rings (SSSR count). The van der Waals surface area contributed by atoms with E-state index >= 15 is 0 Å². The van der Waals surface area contributed by atoms with Gasteiger partial charge in [-0.3, -0.25) is 10.1 Å². The highest BCUT2D eigenvalue weighted by Gasteiger charge is 2.21. The number of anilines is 1. The Bertz CT molecular complexity index is 808. The van der Waals surface area contributed by atoms with Gasteiger partial charge >= 0.3 is 0 Å². The Hall–Kier alpha value is -1.61. The van der Waals surface area contributed by atoms with Crippen molar-refractivity contribution in [3.8, 4) is 0 Å². The summed E-state index contributed by atoms with van der Waals surface area (Å²) in [5, 5.41) is 11.1. The molecule has 0 saturated carbocycles. The fourth-order valence-electron chi connectivity index (χ4n) is 3.02. The van der Waals surface area contributed by atoms with Gasteiger partial charge in [-0.15, -0.1) is 0 Å². The SMILES string of the molecule is Cc1ccc(CCN2CCN(Sc3cc(Br)c(N)c([N+](=O)[O-])c3)CC2)cc1. The van der Waals surface area contributed by atoms with E-state index in [-0.39, 0.29) is 11.4 Å². The Balaban J connectivity index is 1.51. The lowest BCUT2D eigenvalue weighted by atomic mass is 10.1. The predicted octanol–water partition coefficient (Wildman–Crippen LogP) is 4.12. The maximum Gasteiger partial charge on any atom is 0.294 e. The molecular weight excluding hydrogens is 428 g/mol. The number of rotatable bonds is 6. The lowest BCUT2D eigenvalue weighted by Crippen LogP contribution is -2.44. The molecule has 1 saturated heterocycles. The lowest BCUT2D eigenvalue weighted by molar-refractivity contribution is -0.384. The summed E-state index contributed by atoms with van der Waals surface area (Å²) in [6, 6.07) is 12.1. The molecule has 1 aliphatic rings. The quantitative estimate of drug-likeness (QED) is 0.308. The molecular formula is C19H23BrN4O2S. The zero-order valence-corrected chi connectivity index (χ0v) is 17.6. The van der Waals surface area contributed by atoms with Crippen LogP contribution in [-0.4, -0.2) is 46.9 Å². The molecule has 0 amide bonds. The van der Waals surface area contributed by atoms with E-state index < -0.39 is 4.92 Å². The minimum atomic E-state index is -0.437. The number of nitrogens with two attached hydrogens (primary N) is 1. The number of nitro benzene ring substituents is 1. The monoisotopic (exact) mass is 450 g/mol. The molecule has 1 fully saturated rings. The Morgan fingerprint density at radius 3 is 2.48 bits per heavy atom. The standard InChI is InChI=1S/C19H23BrN4O2S/c1-14-2-4-15(5-3-14)6-7-22-8-10-23(11-9-22)27-16-12-17(20)19(21)18(13-16)24(25)26/h2-5,12-13H,6-11,21H2,1H3. The van der Waals surface area contributed by atoms with Gasteiger partial charge in [-0.2, -0.15) is 0 Å². The van der Waals surface area contributed by atoms with Crippen LogP contribution in [0, 0.1) is 17.0 Å². The molecule has 0 unspecified atom stereocenters. The van der Waals surface area contributed by atoms with Gasteiger partial charge in [-0.05, 0) is 52.9 Å². The third-order valence-corrected chi connectivity index (χ3v) is 6.41. The number of nitrogens with zero attached hydrogens (tertiary/aromatic N) is 3. The van der Waals surface area contributed by atoms with Crippen molar-refractivity contribution >= 4 is 39.3 Å². The molecule has 27 heavy (non-hydrogen) atoms. The van der Waals surface area contributed by atoms with Crippen molar-refractivity contribution in [2.75, 3.05) is 38.5 Å². The second-order valence-electron chi connectivity index (χ2n) is 6.69. The molecule has 8 heteroatoms. The number of hydrogen-bond donors (Lipinski definition) is 1. The van der Waals surface area contributed by atoms with Crippen LogP contribution >= 0.6 is 27.9 Å². The van der Waals surface area contributed by atoms with E-state index in [9.17, 15) is 10.1 Å². The number of nitrogen functional groups attached to an aromatic ring is 1. The number of aryl methyl sites for hydroxylation is 1. The third-order valence-electron chi connectivity index (χ3n) is 4.68. The number of benzene rings is 2. The molecule has 0 radical (unpaired) electrons. The fourth-order valence-corrected chi connectivity index (χ4v) is 4.60. The maximum absolute atomic E-state index is 11.1. The van der Waals surface area contributed by atoms with Crippen LogP contribution in [0.3, 0.4) is 0 Å². The smallest absolute Gasteiger partial charge is 0.294 e. The van der Waals surface area contributed by atoms with E-state index in [0.717, 1.165) is 44.0 Å². The molecule has 2 aromatic carbocycles. The topological polar surface area (TPSA) is 75.6 Å². The van der Waals surface area contributed by atoms with Crippen molar-refractivity contribution in [3.63, 3.8) is 0 Å². The van der Waals surface area contributed by atoms with Gasteiger partial charge in [0.2, 0.25) is 0 Å². The summed E-state index contributed by atoms with van der Waals surface area (Å²) in [4.78, 5) is 14.0. The van der Waals surface area contributed by atoms with Crippen molar-refractivity contribution < 1.29 is 4.92 Å². The van der Waals surface area contributed by atoms with Crippen LogP contribution in [0.25, 0.3) is 0 Å². The number of nitro groups is 1. The molecule has 2 N–H and O–H groups in total. The van der Waals surface area contributed by atoms with Gasteiger partial charge < -0.3 is 10.6 Å². The molecule has 1 aliphatic heterocycles. The highest BCUT2D eigenvalue weighted by atomic mass is 79.9. The average molecular weight is 451 g/mol. The van der Waals surface area contributed by atoms with E-state index in [4.69, 9.17) is 5.73 Å². The van der Waals surface area contributed by atoms with Crippen molar-refractivity contribution in [2.45, 2.75) is 18.2 Å². The molecule has 0 spiro atoms. The fraction of sp³-hybridized carbons (Fsp3) is 0.368. The van der Waals surface area contributed by atoms with Crippen LogP contribution < -0.4 is 5.73 Å². The average Bonchev–Trinajstić information content (AvgIpc) is 2.65. The predicted molar refractivity (Wildman–Crippen MR) is 114 cm³/mol. The number of hydrogen-bond acceptors (Lipinski definition) is 6. The van der Waals surface area contributed by atoms with Crippen LogP contribution in [0.4, 0.5) is 11.4 Å². The summed E-state index contributed by atoms with van der Waals surface area (Å²) >= 11 is 4.87. The largest absolute Gasteiger partial charge is 0.392 e. The first-order chi connectivity index (χ1) is 12.9. The van der Waals surface area contributed by atoms with E-state index in [1.54, 1.807) is 18.0 Å². The molecule has 0 aromatic heterocycles. The summed E-state index contributed by atoms with van der Waals surface area (Å²) in [5.74, 6) is 0. The molecule has 0 atom stereocenters. The highest BCUT2D eigenvalue weighted by Crippen LogP contribution is 2.36.